The molecule has 3 aromatic rings. The minimum Gasteiger partial charge on any atom is -0.343 e. The van der Waals surface area contributed by atoms with E-state index in [4.69, 9.17) is 16.6 Å². The second-order valence-corrected chi connectivity index (χ2v) is 9.48. The largest absolute Gasteiger partial charge is 0.343 e. The van der Waals surface area contributed by atoms with E-state index < -0.39 is 0 Å². The van der Waals surface area contributed by atoms with Crippen LogP contribution >= 0.6 is 11.6 Å². The number of rotatable bonds is 5. The second-order valence-electron chi connectivity index (χ2n) is 9.04. The van der Waals surface area contributed by atoms with Crippen molar-refractivity contribution >= 4 is 40.1 Å². The Balaban J connectivity index is 1.39. The van der Waals surface area contributed by atoms with Crippen molar-refractivity contribution in [3.63, 3.8) is 0 Å². The predicted octanol–water partition coefficient (Wildman–Crippen LogP) is 5.00. The van der Waals surface area contributed by atoms with Crippen LogP contribution in [0.25, 0.3) is 11.0 Å². The molecule has 0 saturated carbocycles. The van der Waals surface area contributed by atoms with Crippen molar-refractivity contribution in [2.45, 2.75) is 51.0 Å². The predicted molar refractivity (Wildman–Crippen MR) is 131 cm³/mol. The van der Waals surface area contributed by atoms with Gasteiger partial charge in [0.05, 0.1) is 11.0 Å². The minimum atomic E-state index is -0.0304. The second kappa shape index (κ2) is 9.56. The highest BCUT2D eigenvalue weighted by Crippen LogP contribution is 2.34. The van der Waals surface area contributed by atoms with E-state index in [1.54, 1.807) is 4.90 Å². The highest BCUT2D eigenvalue weighted by Gasteiger charge is 2.35. The fourth-order valence-electron chi connectivity index (χ4n) is 5.10. The lowest BCUT2D eigenvalue weighted by Gasteiger charge is -2.21. The van der Waals surface area contributed by atoms with E-state index in [0.717, 1.165) is 48.5 Å². The van der Waals surface area contributed by atoms with Gasteiger partial charge in [0.2, 0.25) is 11.8 Å². The van der Waals surface area contributed by atoms with Crippen LogP contribution in [0.5, 0.6) is 0 Å². The number of aryl methyl sites for hydroxylation is 1. The highest BCUT2D eigenvalue weighted by atomic mass is 35.5. The quantitative estimate of drug-likeness (QED) is 0.533. The molecule has 2 aliphatic rings. The number of carbonyl (C=O) groups is 2. The Kier molecular flexibility index (Phi) is 6.36. The molecule has 33 heavy (non-hydrogen) atoms. The van der Waals surface area contributed by atoms with Gasteiger partial charge in [-0.05, 0) is 43.2 Å². The van der Waals surface area contributed by atoms with Gasteiger partial charge in [-0.1, -0.05) is 42.6 Å². The Morgan fingerprint density at radius 2 is 1.82 bits per heavy atom. The molecule has 7 heteroatoms. The van der Waals surface area contributed by atoms with Gasteiger partial charge in [0.25, 0.3) is 0 Å². The zero-order valence-electron chi connectivity index (χ0n) is 18.8. The summed E-state index contributed by atoms with van der Waals surface area (Å²) in [7, 11) is 0. The molecule has 3 heterocycles. The van der Waals surface area contributed by atoms with Crippen LogP contribution < -0.4 is 4.90 Å². The van der Waals surface area contributed by atoms with Crippen LogP contribution in [0.15, 0.2) is 48.5 Å². The van der Waals surface area contributed by atoms with E-state index in [1.807, 2.05) is 53.4 Å². The zero-order chi connectivity index (χ0) is 22.8. The Hall–Kier alpha value is -2.86. The zero-order valence-corrected chi connectivity index (χ0v) is 19.5. The smallest absolute Gasteiger partial charge is 0.227 e. The lowest BCUT2D eigenvalue weighted by Crippen LogP contribution is -2.32. The SMILES string of the molecule is O=C(CCn1c(C2CC(=O)N(c3cccc(Cl)c3)C2)nc2ccccc21)N1CCCCCC1. The topological polar surface area (TPSA) is 58.4 Å². The number of benzene rings is 2. The number of halogens is 1. The molecule has 2 saturated heterocycles. The van der Waals surface area contributed by atoms with Gasteiger partial charge in [-0.25, -0.2) is 4.98 Å². The third kappa shape index (κ3) is 4.62. The van der Waals surface area contributed by atoms with E-state index in [1.165, 1.54) is 12.8 Å². The molecule has 6 nitrogen and oxygen atoms in total. The molecule has 2 aromatic carbocycles. The van der Waals surface area contributed by atoms with Crippen LogP contribution in [0.2, 0.25) is 5.02 Å². The van der Waals surface area contributed by atoms with Crippen molar-refractivity contribution in [2.24, 2.45) is 0 Å². The third-order valence-electron chi connectivity index (χ3n) is 6.80. The Morgan fingerprint density at radius 3 is 2.61 bits per heavy atom. The summed E-state index contributed by atoms with van der Waals surface area (Å²) in [6.45, 7) is 2.86. The fourth-order valence-corrected chi connectivity index (χ4v) is 5.29. The monoisotopic (exact) mass is 464 g/mol. The first kappa shape index (κ1) is 22.0. The van der Waals surface area contributed by atoms with Crippen LogP contribution in [-0.4, -0.2) is 45.9 Å². The summed E-state index contributed by atoms with van der Waals surface area (Å²) in [5, 5.41) is 0.614. The molecule has 5 rings (SSSR count). The van der Waals surface area contributed by atoms with Crippen molar-refractivity contribution in [1.82, 2.24) is 14.5 Å². The first-order chi connectivity index (χ1) is 16.1. The normalized spacial score (nSPS) is 19.3. The van der Waals surface area contributed by atoms with Gasteiger partial charge >= 0.3 is 0 Å². The molecule has 1 unspecified atom stereocenters. The summed E-state index contributed by atoms with van der Waals surface area (Å²) in [5.41, 5.74) is 2.74. The van der Waals surface area contributed by atoms with E-state index in [0.29, 0.717) is 31.0 Å². The lowest BCUT2D eigenvalue weighted by molar-refractivity contribution is -0.131. The standard InChI is InChI=1S/C26H29ClN4O2/c27-20-8-7-9-21(17-20)31-18-19(16-25(31)33)26-28-22-10-3-4-11-23(22)30(26)15-12-24(32)29-13-5-1-2-6-14-29/h3-4,7-11,17,19H,1-2,5-6,12-16,18H2. The molecule has 0 bridgehead atoms. The molecule has 2 amide bonds. The number of likely N-dealkylation sites (tertiary alicyclic amines) is 1. The van der Waals surface area contributed by atoms with E-state index in [2.05, 4.69) is 4.57 Å². The molecule has 0 N–H and O–H groups in total. The summed E-state index contributed by atoms with van der Waals surface area (Å²) in [6, 6.07) is 15.4. The first-order valence-corrected chi connectivity index (χ1v) is 12.3. The van der Waals surface area contributed by atoms with Gasteiger partial charge in [0.1, 0.15) is 5.82 Å². The average molecular weight is 465 g/mol. The van der Waals surface area contributed by atoms with Gasteiger partial charge in [-0.15, -0.1) is 0 Å². The summed E-state index contributed by atoms with van der Waals surface area (Å²) in [4.78, 5) is 34.6. The summed E-state index contributed by atoms with van der Waals surface area (Å²) < 4.78 is 2.16. The number of aromatic nitrogens is 2. The fraction of sp³-hybridized carbons (Fsp3) is 0.423. The van der Waals surface area contributed by atoms with E-state index in [-0.39, 0.29) is 17.7 Å². The third-order valence-corrected chi connectivity index (χ3v) is 7.04. The number of anilines is 1. The molecular formula is C26H29ClN4O2. The molecule has 0 radical (unpaired) electrons. The van der Waals surface area contributed by atoms with Gasteiger partial charge in [0, 0.05) is 55.6 Å². The van der Waals surface area contributed by atoms with Crippen molar-refractivity contribution in [1.29, 1.82) is 0 Å². The average Bonchev–Trinajstić information content (AvgIpc) is 3.25. The molecule has 2 fully saturated rings. The number of imidazole rings is 1. The molecule has 2 aliphatic heterocycles. The maximum absolute atomic E-state index is 13.0. The van der Waals surface area contributed by atoms with E-state index in [9.17, 15) is 9.59 Å². The van der Waals surface area contributed by atoms with Crippen LogP contribution in [0, 0.1) is 0 Å². The van der Waals surface area contributed by atoms with Gasteiger partial charge in [-0.2, -0.15) is 0 Å². The van der Waals surface area contributed by atoms with Crippen molar-refractivity contribution < 1.29 is 9.59 Å². The number of para-hydroxylation sites is 2. The lowest BCUT2D eigenvalue weighted by atomic mass is 10.1. The summed E-state index contributed by atoms with van der Waals surface area (Å²) in [5.74, 6) is 1.14. The molecule has 0 spiro atoms. The number of nitrogens with zero attached hydrogens (tertiary/aromatic N) is 4. The number of hydrogen-bond donors (Lipinski definition) is 0. The molecule has 1 aromatic heterocycles. The van der Waals surface area contributed by atoms with Crippen LogP contribution in [-0.2, 0) is 16.1 Å². The van der Waals surface area contributed by atoms with Crippen LogP contribution in [0.4, 0.5) is 5.69 Å². The minimum absolute atomic E-state index is 0.0304. The van der Waals surface area contributed by atoms with Crippen LogP contribution in [0.3, 0.4) is 0 Å². The molecule has 1 atom stereocenters. The summed E-state index contributed by atoms with van der Waals surface area (Å²) in [6.07, 6.45) is 5.45. The van der Waals surface area contributed by atoms with Gasteiger partial charge in [-0.3, -0.25) is 9.59 Å². The number of hydrogen-bond acceptors (Lipinski definition) is 3. The number of fused-ring (bicyclic) bond motifs is 1. The Morgan fingerprint density at radius 1 is 1.03 bits per heavy atom. The highest BCUT2D eigenvalue weighted by molar-refractivity contribution is 6.30. The first-order valence-electron chi connectivity index (χ1n) is 11.9. The van der Waals surface area contributed by atoms with Crippen molar-refractivity contribution in [2.75, 3.05) is 24.5 Å². The van der Waals surface area contributed by atoms with E-state index >= 15 is 0 Å². The maximum atomic E-state index is 13.0. The molecular weight excluding hydrogens is 436 g/mol. The molecule has 172 valence electrons. The Bertz CT molecular complexity index is 1170. The molecule has 0 aliphatic carbocycles. The van der Waals surface area contributed by atoms with Crippen LogP contribution in [0.1, 0.15) is 50.3 Å². The van der Waals surface area contributed by atoms with Gasteiger partial charge < -0.3 is 14.4 Å². The maximum Gasteiger partial charge on any atom is 0.227 e. The van der Waals surface area contributed by atoms with Crippen molar-refractivity contribution in [3.8, 4) is 0 Å². The number of carbonyl (C=O) groups excluding carboxylic acids is 2. The van der Waals surface area contributed by atoms with Gasteiger partial charge in [0.15, 0.2) is 0 Å². The summed E-state index contributed by atoms with van der Waals surface area (Å²) >= 11 is 6.16. The number of amides is 2. The van der Waals surface area contributed by atoms with Crippen molar-refractivity contribution in [3.05, 3.63) is 59.4 Å². The Labute approximate surface area is 199 Å².